The molecule has 138 valence electrons. The van der Waals surface area contributed by atoms with Gasteiger partial charge in [-0.05, 0) is 54.3 Å². The van der Waals surface area contributed by atoms with Crippen molar-refractivity contribution in [3.8, 4) is 11.5 Å². The largest absolute Gasteiger partial charge is 0.484 e. The van der Waals surface area contributed by atoms with Gasteiger partial charge in [-0.1, -0.05) is 26.0 Å². The molecule has 6 nitrogen and oxygen atoms in total. The van der Waals surface area contributed by atoms with Crippen molar-refractivity contribution in [3.05, 3.63) is 53.6 Å². The molecule has 2 rings (SSSR count). The first-order valence-electron chi connectivity index (χ1n) is 8.39. The van der Waals surface area contributed by atoms with E-state index in [1.807, 2.05) is 25.1 Å². The van der Waals surface area contributed by atoms with Crippen LogP contribution in [0.3, 0.4) is 0 Å². The lowest BCUT2D eigenvalue weighted by molar-refractivity contribution is -0.120. The van der Waals surface area contributed by atoms with Crippen LogP contribution in [0.5, 0.6) is 11.5 Å². The molecule has 0 aliphatic rings. The third-order valence-electron chi connectivity index (χ3n) is 3.67. The molecule has 0 heterocycles. The van der Waals surface area contributed by atoms with Gasteiger partial charge in [0, 0.05) is 5.69 Å². The van der Waals surface area contributed by atoms with Crippen LogP contribution in [0, 0.1) is 6.92 Å². The molecule has 2 aromatic carbocycles. The smallest absolute Gasteiger partial charge is 0.262 e. The lowest BCUT2D eigenvalue weighted by Gasteiger charge is -2.15. The Balaban J connectivity index is 1.91. The van der Waals surface area contributed by atoms with E-state index in [4.69, 9.17) is 15.2 Å². The molecule has 0 saturated heterocycles. The molecule has 0 spiro atoms. The Labute approximate surface area is 153 Å². The molecule has 6 heteroatoms. The Bertz CT molecular complexity index is 770. The molecule has 0 radical (unpaired) electrons. The third kappa shape index (κ3) is 5.81. The maximum absolute atomic E-state index is 12.1. The van der Waals surface area contributed by atoms with E-state index >= 15 is 0 Å². The summed E-state index contributed by atoms with van der Waals surface area (Å²) in [5.74, 6) is 0.731. The van der Waals surface area contributed by atoms with Gasteiger partial charge in [0.25, 0.3) is 11.8 Å². The Kier molecular flexibility index (Phi) is 6.60. The molecule has 2 aromatic rings. The van der Waals surface area contributed by atoms with E-state index in [2.05, 4.69) is 19.2 Å². The summed E-state index contributed by atoms with van der Waals surface area (Å²) in [5.41, 5.74) is 7.78. The standard InChI is InChI=1S/C20H24N2O4/c1-13(2)17-9-4-14(3)10-18(17)26-12-20(24)22-15-5-7-16(8-6-15)25-11-19(21)23/h4-10,13H,11-12H2,1-3H3,(H2,21,23)(H,22,24). The van der Waals surface area contributed by atoms with E-state index < -0.39 is 5.91 Å². The minimum Gasteiger partial charge on any atom is -0.484 e. The van der Waals surface area contributed by atoms with Crippen molar-refractivity contribution in [3.63, 3.8) is 0 Å². The molecular formula is C20H24N2O4. The van der Waals surface area contributed by atoms with E-state index in [0.717, 1.165) is 16.9 Å². The van der Waals surface area contributed by atoms with Crippen LogP contribution < -0.4 is 20.5 Å². The summed E-state index contributed by atoms with van der Waals surface area (Å²) < 4.78 is 10.9. The number of amides is 2. The zero-order valence-corrected chi connectivity index (χ0v) is 15.2. The molecule has 3 N–H and O–H groups in total. The molecule has 0 saturated carbocycles. The van der Waals surface area contributed by atoms with Crippen LogP contribution in [0.25, 0.3) is 0 Å². The first kappa shape index (κ1) is 19.3. The number of aryl methyl sites for hydroxylation is 1. The number of hydrogen-bond donors (Lipinski definition) is 2. The molecule has 2 amide bonds. The predicted octanol–water partition coefficient (Wildman–Crippen LogP) is 3.00. The number of benzene rings is 2. The quantitative estimate of drug-likeness (QED) is 0.761. The minimum absolute atomic E-state index is 0.0803. The number of primary amides is 1. The molecule has 26 heavy (non-hydrogen) atoms. The maximum atomic E-state index is 12.1. The number of carbonyl (C=O) groups is 2. The SMILES string of the molecule is Cc1ccc(C(C)C)c(OCC(=O)Nc2ccc(OCC(N)=O)cc2)c1. The first-order chi connectivity index (χ1) is 12.3. The number of anilines is 1. The maximum Gasteiger partial charge on any atom is 0.262 e. The normalized spacial score (nSPS) is 10.5. The number of rotatable bonds is 8. The van der Waals surface area contributed by atoms with Crippen molar-refractivity contribution in [2.24, 2.45) is 5.73 Å². The van der Waals surface area contributed by atoms with E-state index in [-0.39, 0.29) is 19.1 Å². The van der Waals surface area contributed by atoms with Gasteiger partial charge in [-0.25, -0.2) is 0 Å². The van der Waals surface area contributed by atoms with E-state index in [1.165, 1.54) is 0 Å². The first-order valence-corrected chi connectivity index (χ1v) is 8.39. The summed E-state index contributed by atoms with van der Waals surface area (Å²) in [6.45, 7) is 5.88. The fraction of sp³-hybridized carbons (Fsp3) is 0.300. The van der Waals surface area contributed by atoms with E-state index in [0.29, 0.717) is 17.4 Å². The highest BCUT2D eigenvalue weighted by molar-refractivity contribution is 5.91. The summed E-state index contributed by atoms with van der Waals surface area (Å²) in [4.78, 5) is 22.8. The number of ether oxygens (including phenoxy) is 2. The Morgan fingerprint density at radius 3 is 2.35 bits per heavy atom. The van der Waals surface area contributed by atoms with Crippen LogP contribution in [0.15, 0.2) is 42.5 Å². The summed E-state index contributed by atoms with van der Waals surface area (Å²) in [6.07, 6.45) is 0. The Hall–Kier alpha value is -3.02. The van der Waals surface area contributed by atoms with Crippen LogP contribution in [0.4, 0.5) is 5.69 Å². The molecule has 0 bridgehead atoms. The number of nitrogens with one attached hydrogen (secondary N) is 1. The van der Waals surface area contributed by atoms with Crippen molar-refractivity contribution < 1.29 is 19.1 Å². The fourth-order valence-electron chi connectivity index (χ4n) is 2.37. The summed E-state index contributed by atoms with van der Waals surface area (Å²) in [6, 6.07) is 12.7. The van der Waals surface area contributed by atoms with Gasteiger partial charge in [-0.3, -0.25) is 9.59 Å². The highest BCUT2D eigenvalue weighted by atomic mass is 16.5. The topological polar surface area (TPSA) is 90.7 Å². The van der Waals surface area contributed by atoms with Crippen molar-refractivity contribution >= 4 is 17.5 Å². The van der Waals surface area contributed by atoms with Gasteiger partial charge in [-0.15, -0.1) is 0 Å². The van der Waals surface area contributed by atoms with Crippen LogP contribution >= 0.6 is 0 Å². The number of carbonyl (C=O) groups excluding carboxylic acids is 2. The van der Waals surface area contributed by atoms with Crippen molar-refractivity contribution in [2.45, 2.75) is 26.7 Å². The van der Waals surface area contributed by atoms with Gasteiger partial charge in [0.15, 0.2) is 13.2 Å². The van der Waals surface area contributed by atoms with Gasteiger partial charge >= 0.3 is 0 Å². The lowest BCUT2D eigenvalue weighted by atomic mass is 10.0. The second-order valence-corrected chi connectivity index (χ2v) is 6.31. The monoisotopic (exact) mass is 356 g/mol. The average molecular weight is 356 g/mol. The Morgan fingerprint density at radius 2 is 1.73 bits per heavy atom. The van der Waals surface area contributed by atoms with Gasteiger partial charge in [-0.2, -0.15) is 0 Å². The zero-order valence-electron chi connectivity index (χ0n) is 15.2. The van der Waals surface area contributed by atoms with Gasteiger partial charge < -0.3 is 20.5 Å². The van der Waals surface area contributed by atoms with E-state index in [9.17, 15) is 9.59 Å². The fourth-order valence-corrected chi connectivity index (χ4v) is 2.37. The highest BCUT2D eigenvalue weighted by Gasteiger charge is 2.10. The second-order valence-electron chi connectivity index (χ2n) is 6.31. The van der Waals surface area contributed by atoms with Gasteiger partial charge in [0.05, 0.1) is 0 Å². The summed E-state index contributed by atoms with van der Waals surface area (Å²) >= 11 is 0. The molecule has 0 aliphatic carbocycles. The number of nitrogens with two attached hydrogens (primary N) is 1. The van der Waals surface area contributed by atoms with Crippen LogP contribution in [-0.4, -0.2) is 25.0 Å². The lowest BCUT2D eigenvalue weighted by Crippen LogP contribution is -2.21. The minimum atomic E-state index is -0.545. The number of hydrogen-bond acceptors (Lipinski definition) is 4. The van der Waals surface area contributed by atoms with Crippen LogP contribution in [-0.2, 0) is 9.59 Å². The molecule has 0 aromatic heterocycles. The average Bonchev–Trinajstić information content (AvgIpc) is 2.59. The second kappa shape index (κ2) is 8.89. The molecule has 0 atom stereocenters. The van der Waals surface area contributed by atoms with E-state index in [1.54, 1.807) is 24.3 Å². The van der Waals surface area contributed by atoms with Gasteiger partial charge in [0.1, 0.15) is 11.5 Å². The predicted molar refractivity (Wildman–Crippen MR) is 101 cm³/mol. The molecule has 0 fully saturated rings. The van der Waals surface area contributed by atoms with Crippen molar-refractivity contribution in [2.75, 3.05) is 18.5 Å². The molecule has 0 aliphatic heterocycles. The third-order valence-corrected chi connectivity index (χ3v) is 3.67. The van der Waals surface area contributed by atoms with Crippen molar-refractivity contribution in [1.29, 1.82) is 0 Å². The highest BCUT2D eigenvalue weighted by Crippen LogP contribution is 2.27. The summed E-state index contributed by atoms with van der Waals surface area (Å²) in [7, 11) is 0. The van der Waals surface area contributed by atoms with Crippen LogP contribution in [0.1, 0.15) is 30.9 Å². The van der Waals surface area contributed by atoms with Crippen molar-refractivity contribution in [1.82, 2.24) is 0 Å². The molecular weight excluding hydrogens is 332 g/mol. The Morgan fingerprint density at radius 1 is 1.04 bits per heavy atom. The van der Waals surface area contributed by atoms with Gasteiger partial charge in [0.2, 0.25) is 0 Å². The van der Waals surface area contributed by atoms with Crippen LogP contribution in [0.2, 0.25) is 0 Å². The zero-order chi connectivity index (χ0) is 19.1. The molecule has 0 unspecified atom stereocenters. The summed E-state index contributed by atoms with van der Waals surface area (Å²) in [5, 5.41) is 2.76.